The Morgan fingerprint density at radius 3 is 2.63 bits per heavy atom. The Bertz CT molecular complexity index is 1410. The van der Waals surface area contributed by atoms with Crippen LogP contribution in [-0.2, 0) is 5.41 Å². The van der Waals surface area contributed by atoms with Crippen LogP contribution >= 0.6 is 0 Å². The topological polar surface area (TPSA) is 63.8 Å². The highest BCUT2D eigenvalue weighted by Gasteiger charge is 2.31. The van der Waals surface area contributed by atoms with Gasteiger partial charge in [-0.2, -0.15) is 5.10 Å². The Labute approximate surface area is 206 Å². The van der Waals surface area contributed by atoms with Crippen molar-refractivity contribution < 1.29 is 4.74 Å². The summed E-state index contributed by atoms with van der Waals surface area (Å²) in [7, 11) is 1.49. The van der Waals surface area contributed by atoms with Crippen molar-refractivity contribution in [2.45, 2.75) is 46.5 Å². The fourth-order valence-electron chi connectivity index (χ4n) is 4.57. The molecule has 0 unspecified atom stereocenters. The maximum atomic E-state index is 13.5. The molecule has 0 aliphatic carbocycles. The molecule has 0 amide bonds. The highest BCUT2D eigenvalue weighted by atomic mass is 16.5. The number of aromatic nitrogens is 2. The van der Waals surface area contributed by atoms with E-state index in [1.165, 1.54) is 12.7 Å². The smallest absolute Gasteiger partial charge is 0.305 e. The molecule has 0 spiro atoms. The van der Waals surface area contributed by atoms with E-state index in [4.69, 9.17) is 16.4 Å². The SMILES string of the molecule is C#[N+]N(C(=C(C)C)c1nn(-c2cccc3c2NCCC3(C)C)cc(OC)c1=O)c1cccc(C)c1. The highest BCUT2D eigenvalue weighted by Crippen LogP contribution is 2.39. The maximum Gasteiger partial charge on any atom is 0.305 e. The standard InChI is InChI=1S/C28H32N5O2/c1-18(2)26(33(29-6)20-11-8-10-19(3)16-20)25-27(34)23(35-7)17-32(31-25)22-13-9-12-21-24(22)30-15-14-28(21,4)5/h6,8-13,16-17,30H,14-15H2,1-5,7H3/q+1. The first kappa shape index (κ1) is 24.1. The number of nitrogens with zero attached hydrogens (tertiary/aromatic N) is 4. The summed E-state index contributed by atoms with van der Waals surface area (Å²) >= 11 is 0. The second kappa shape index (κ2) is 9.30. The van der Waals surface area contributed by atoms with Crippen molar-refractivity contribution in [1.29, 1.82) is 0 Å². The van der Waals surface area contributed by atoms with Crippen LogP contribution in [0.3, 0.4) is 0 Å². The Kier molecular flexibility index (Phi) is 6.40. The molecule has 180 valence electrons. The number of anilines is 2. The quantitative estimate of drug-likeness (QED) is 0.479. The van der Waals surface area contributed by atoms with Crippen LogP contribution in [0.4, 0.5) is 11.4 Å². The summed E-state index contributed by atoms with van der Waals surface area (Å²) in [5.74, 6) is 0.183. The van der Waals surface area contributed by atoms with Crippen molar-refractivity contribution in [3.8, 4) is 18.0 Å². The lowest BCUT2D eigenvalue weighted by Crippen LogP contribution is -2.30. The van der Waals surface area contributed by atoms with Crippen molar-refractivity contribution in [3.63, 3.8) is 0 Å². The average Bonchev–Trinajstić information content (AvgIpc) is 2.82. The van der Waals surface area contributed by atoms with Crippen LogP contribution in [0.15, 0.2) is 59.0 Å². The van der Waals surface area contributed by atoms with E-state index in [-0.39, 0.29) is 22.3 Å². The van der Waals surface area contributed by atoms with Gasteiger partial charge in [0.1, 0.15) is 5.69 Å². The Morgan fingerprint density at radius 2 is 1.97 bits per heavy atom. The van der Waals surface area contributed by atoms with Gasteiger partial charge in [0.15, 0.2) is 17.1 Å². The van der Waals surface area contributed by atoms with E-state index in [9.17, 15) is 4.79 Å². The molecule has 2 heterocycles. The summed E-state index contributed by atoms with van der Waals surface area (Å²) in [4.78, 5) is 17.5. The zero-order valence-electron chi connectivity index (χ0n) is 21.2. The first-order valence-corrected chi connectivity index (χ1v) is 11.7. The number of rotatable bonds is 5. The largest absolute Gasteiger partial charge is 0.491 e. The number of nitrogens with one attached hydrogen (secondary N) is 1. The number of hydrogen-bond acceptors (Lipinski definition) is 5. The van der Waals surface area contributed by atoms with Crippen LogP contribution in [0.1, 0.15) is 50.9 Å². The van der Waals surface area contributed by atoms with E-state index < -0.39 is 0 Å². The van der Waals surface area contributed by atoms with Gasteiger partial charge in [0, 0.05) is 6.54 Å². The number of hydrogen-bond donors (Lipinski definition) is 1. The molecule has 0 saturated carbocycles. The number of para-hydroxylation sites is 1. The lowest BCUT2D eigenvalue weighted by molar-refractivity contribution is 0.404. The van der Waals surface area contributed by atoms with Crippen LogP contribution in [0, 0.1) is 13.5 Å². The van der Waals surface area contributed by atoms with Crippen molar-refractivity contribution in [1.82, 2.24) is 9.78 Å². The second-order valence-electron chi connectivity index (χ2n) is 9.70. The molecule has 4 rings (SSSR count). The molecule has 3 aromatic rings. The summed E-state index contributed by atoms with van der Waals surface area (Å²) in [5.41, 5.74) is 6.07. The maximum absolute atomic E-state index is 13.5. The summed E-state index contributed by atoms with van der Waals surface area (Å²) in [5, 5.41) is 9.90. The minimum Gasteiger partial charge on any atom is -0.491 e. The van der Waals surface area contributed by atoms with Crippen LogP contribution in [0.25, 0.3) is 16.3 Å². The van der Waals surface area contributed by atoms with Crippen LogP contribution in [-0.4, -0.2) is 23.4 Å². The van der Waals surface area contributed by atoms with Gasteiger partial charge in [0.05, 0.1) is 29.6 Å². The fraction of sp³-hybridized carbons (Fsp3) is 0.321. The number of methoxy groups -OCH3 is 1. The first-order valence-electron chi connectivity index (χ1n) is 11.7. The molecule has 1 N–H and O–H groups in total. The number of fused-ring (bicyclic) bond motifs is 1. The van der Waals surface area contributed by atoms with Crippen molar-refractivity contribution >= 4 is 17.1 Å². The molecular weight excluding hydrogens is 438 g/mol. The van der Waals surface area contributed by atoms with E-state index in [2.05, 4.69) is 30.2 Å². The van der Waals surface area contributed by atoms with Crippen LogP contribution < -0.4 is 20.5 Å². The first-order chi connectivity index (χ1) is 16.7. The monoisotopic (exact) mass is 470 g/mol. The van der Waals surface area contributed by atoms with Gasteiger partial charge in [-0.15, -0.1) is 0 Å². The van der Waals surface area contributed by atoms with Gasteiger partial charge in [0.2, 0.25) is 0 Å². The third-order valence-corrected chi connectivity index (χ3v) is 6.45. The van der Waals surface area contributed by atoms with Crippen molar-refractivity contribution in [2.24, 2.45) is 0 Å². The Hall–Kier alpha value is -4.05. The predicted molar refractivity (Wildman–Crippen MR) is 143 cm³/mol. The van der Waals surface area contributed by atoms with Crippen molar-refractivity contribution in [3.05, 3.63) is 86.2 Å². The molecular formula is C28H32N5O2+. The number of ether oxygens (including phenoxy) is 1. The predicted octanol–water partition coefficient (Wildman–Crippen LogP) is 5.78. The molecule has 1 aliphatic rings. The molecule has 7 nitrogen and oxygen atoms in total. The zero-order valence-corrected chi connectivity index (χ0v) is 21.2. The lowest BCUT2D eigenvalue weighted by atomic mass is 9.78. The van der Waals surface area contributed by atoms with Gasteiger partial charge >= 0.3 is 6.57 Å². The molecule has 0 atom stereocenters. The fourth-order valence-corrected chi connectivity index (χ4v) is 4.57. The van der Waals surface area contributed by atoms with Gasteiger partial charge in [-0.05, 0) is 72.5 Å². The lowest BCUT2D eigenvalue weighted by Gasteiger charge is -2.34. The zero-order chi connectivity index (χ0) is 25.3. The van der Waals surface area contributed by atoms with E-state index in [0.717, 1.165) is 41.2 Å². The summed E-state index contributed by atoms with van der Waals surface area (Å²) in [6.07, 6.45) is 2.66. The third kappa shape index (κ3) is 4.40. The van der Waals surface area contributed by atoms with Crippen LogP contribution in [0.2, 0.25) is 0 Å². The molecule has 7 heteroatoms. The van der Waals surface area contributed by atoms with Crippen molar-refractivity contribution in [2.75, 3.05) is 24.0 Å². The molecule has 1 aliphatic heterocycles. The van der Waals surface area contributed by atoms with Gasteiger partial charge in [-0.1, -0.05) is 38.1 Å². The highest BCUT2D eigenvalue weighted by molar-refractivity contribution is 5.81. The molecule has 1 aromatic heterocycles. The van der Waals surface area contributed by atoms with Crippen LogP contribution in [0.5, 0.6) is 5.75 Å². The molecule has 0 bridgehead atoms. The van der Waals surface area contributed by atoms with Gasteiger partial charge in [-0.3, -0.25) is 4.79 Å². The molecule has 35 heavy (non-hydrogen) atoms. The number of allylic oxidation sites excluding steroid dienone is 1. The number of benzene rings is 2. The van der Waals surface area contributed by atoms with E-state index >= 15 is 0 Å². The minimum atomic E-state index is -0.334. The minimum absolute atomic E-state index is 0.0218. The van der Waals surface area contributed by atoms with E-state index in [1.54, 1.807) is 15.9 Å². The normalized spacial score (nSPS) is 13.7. The summed E-state index contributed by atoms with van der Waals surface area (Å²) in [6.45, 7) is 17.0. The van der Waals surface area contributed by atoms with Gasteiger partial charge in [0.25, 0.3) is 5.43 Å². The van der Waals surface area contributed by atoms with Gasteiger partial charge in [-0.25, -0.2) is 4.68 Å². The van der Waals surface area contributed by atoms with Gasteiger partial charge < -0.3 is 10.1 Å². The Balaban J connectivity index is 1.96. The van der Waals surface area contributed by atoms with E-state index in [0.29, 0.717) is 5.70 Å². The molecule has 0 fully saturated rings. The number of aryl methyl sites for hydroxylation is 1. The molecule has 0 saturated heterocycles. The van der Waals surface area contributed by atoms with E-state index in [1.807, 2.05) is 57.2 Å². The summed E-state index contributed by atoms with van der Waals surface area (Å²) < 4.78 is 7.21. The average molecular weight is 471 g/mol. The Morgan fingerprint density at radius 1 is 1.23 bits per heavy atom. The third-order valence-electron chi connectivity index (χ3n) is 6.45. The summed E-state index contributed by atoms with van der Waals surface area (Å²) in [6, 6.07) is 13.9. The molecule has 0 radical (unpaired) electrons. The second-order valence-corrected chi connectivity index (χ2v) is 9.70. The molecule has 2 aromatic carbocycles.